The summed E-state index contributed by atoms with van der Waals surface area (Å²) >= 11 is 0. The summed E-state index contributed by atoms with van der Waals surface area (Å²) in [5.41, 5.74) is 11.9. The molecule has 1 unspecified atom stereocenters. The third-order valence-corrected chi connectivity index (χ3v) is 7.29. The third-order valence-electron chi connectivity index (χ3n) is 7.29. The number of hydrogen-bond donors (Lipinski definition) is 2. The standard InChI is InChI=1S/C27H28N8O/c1-15-4-6-29-26(23-5-7-31-35(23)3)25(15)17-8-16-10-24(30-13-21(16)22(28)9-17)33-27(36)20-11-19(20)18-12-32-34(2)14-18/h4-10,12-13,18-20H,11,14,28H2,1-3H3,(H,30,33,36)/t18?,19-,20+/m1/s1. The number of aryl methyl sites for hydroxylation is 2. The first-order chi connectivity index (χ1) is 17.4. The van der Waals surface area contributed by atoms with E-state index >= 15 is 0 Å². The Bertz CT molecular complexity index is 1520. The highest BCUT2D eigenvalue weighted by atomic mass is 16.2. The lowest BCUT2D eigenvalue weighted by Crippen LogP contribution is -2.20. The number of benzene rings is 1. The van der Waals surface area contributed by atoms with Gasteiger partial charge in [0.25, 0.3) is 0 Å². The van der Waals surface area contributed by atoms with Gasteiger partial charge in [-0.15, -0.1) is 0 Å². The summed E-state index contributed by atoms with van der Waals surface area (Å²) in [7, 11) is 3.86. The quantitative estimate of drug-likeness (QED) is 0.421. The number of hydrazone groups is 1. The number of fused-ring (bicyclic) bond motifs is 1. The Morgan fingerprint density at radius 3 is 2.75 bits per heavy atom. The fourth-order valence-corrected chi connectivity index (χ4v) is 5.27. The summed E-state index contributed by atoms with van der Waals surface area (Å²) in [5.74, 6) is 1.23. The number of amides is 1. The molecule has 3 aromatic heterocycles. The molecule has 1 aliphatic heterocycles. The Kier molecular flexibility index (Phi) is 5.21. The topological polar surface area (TPSA) is 114 Å². The van der Waals surface area contributed by atoms with Crippen LogP contribution in [0.4, 0.5) is 11.5 Å². The maximum atomic E-state index is 12.9. The molecule has 0 bridgehead atoms. The highest BCUT2D eigenvalue weighted by Crippen LogP contribution is 2.45. The molecule has 9 nitrogen and oxygen atoms in total. The molecular weight excluding hydrogens is 452 g/mol. The lowest BCUT2D eigenvalue weighted by Gasteiger charge is -2.15. The second kappa shape index (κ2) is 8.44. The van der Waals surface area contributed by atoms with Crippen molar-refractivity contribution in [3.05, 3.63) is 54.5 Å². The smallest absolute Gasteiger partial charge is 0.228 e. The Labute approximate surface area is 209 Å². The highest BCUT2D eigenvalue weighted by molar-refractivity contribution is 6.01. The van der Waals surface area contributed by atoms with E-state index in [4.69, 9.17) is 5.73 Å². The van der Waals surface area contributed by atoms with E-state index in [1.807, 2.05) is 60.5 Å². The van der Waals surface area contributed by atoms with Gasteiger partial charge in [0.15, 0.2) is 0 Å². The van der Waals surface area contributed by atoms with Crippen LogP contribution < -0.4 is 11.1 Å². The van der Waals surface area contributed by atoms with Crippen LogP contribution in [0.15, 0.2) is 54.0 Å². The van der Waals surface area contributed by atoms with Gasteiger partial charge in [-0.1, -0.05) is 0 Å². The van der Waals surface area contributed by atoms with Gasteiger partial charge in [0, 0.05) is 73.9 Å². The van der Waals surface area contributed by atoms with E-state index < -0.39 is 0 Å². The fourth-order valence-electron chi connectivity index (χ4n) is 5.27. The van der Waals surface area contributed by atoms with E-state index in [0.717, 1.165) is 51.8 Å². The zero-order valence-corrected chi connectivity index (χ0v) is 20.5. The summed E-state index contributed by atoms with van der Waals surface area (Å²) in [4.78, 5) is 22.1. The second-order valence-electron chi connectivity index (χ2n) is 9.81. The average Bonchev–Trinajstić information content (AvgIpc) is 3.36. The van der Waals surface area contributed by atoms with E-state index in [1.165, 1.54) is 0 Å². The van der Waals surface area contributed by atoms with Gasteiger partial charge in [-0.25, -0.2) is 4.98 Å². The van der Waals surface area contributed by atoms with Crippen LogP contribution in [0.5, 0.6) is 0 Å². The van der Waals surface area contributed by atoms with Crippen LogP contribution in [0, 0.1) is 24.7 Å². The summed E-state index contributed by atoms with van der Waals surface area (Å²) in [6.07, 6.45) is 8.16. The van der Waals surface area contributed by atoms with Crippen molar-refractivity contribution in [3.8, 4) is 22.5 Å². The molecular formula is C27H28N8O. The zero-order valence-electron chi connectivity index (χ0n) is 20.5. The van der Waals surface area contributed by atoms with E-state index in [2.05, 4.69) is 38.5 Å². The van der Waals surface area contributed by atoms with Crippen molar-refractivity contribution in [1.29, 1.82) is 0 Å². The normalized spacial score (nSPS) is 20.8. The first-order valence-electron chi connectivity index (χ1n) is 12.1. The van der Waals surface area contributed by atoms with Gasteiger partial charge < -0.3 is 11.1 Å². The van der Waals surface area contributed by atoms with Crippen LogP contribution >= 0.6 is 0 Å². The van der Waals surface area contributed by atoms with Gasteiger partial charge in [-0.05, 0) is 66.1 Å². The minimum Gasteiger partial charge on any atom is -0.398 e. The van der Waals surface area contributed by atoms with E-state index in [0.29, 0.717) is 23.3 Å². The minimum absolute atomic E-state index is 0.00125. The molecule has 3 N–H and O–H groups in total. The van der Waals surface area contributed by atoms with Crippen molar-refractivity contribution < 1.29 is 4.79 Å². The molecule has 36 heavy (non-hydrogen) atoms. The van der Waals surface area contributed by atoms with Gasteiger partial charge in [-0.2, -0.15) is 10.2 Å². The third kappa shape index (κ3) is 3.86. The molecule has 1 amide bonds. The average molecular weight is 481 g/mol. The molecule has 0 saturated heterocycles. The molecule has 0 spiro atoms. The van der Waals surface area contributed by atoms with Crippen molar-refractivity contribution >= 4 is 34.4 Å². The summed E-state index contributed by atoms with van der Waals surface area (Å²) in [6, 6.07) is 9.88. The highest BCUT2D eigenvalue weighted by Gasteiger charge is 2.48. The monoisotopic (exact) mass is 480 g/mol. The predicted octanol–water partition coefficient (Wildman–Crippen LogP) is 3.71. The van der Waals surface area contributed by atoms with Crippen LogP contribution in [0.25, 0.3) is 33.3 Å². The summed E-state index contributed by atoms with van der Waals surface area (Å²) < 4.78 is 1.81. The van der Waals surface area contributed by atoms with Crippen LogP contribution in [-0.2, 0) is 11.8 Å². The molecule has 6 rings (SSSR count). The van der Waals surface area contributed by atoms with Crippen LogP contribution in [0.3, 0.4) is 0 Å². The number of pyridine rings is 2. The number of nitrogens with one attached hydrogen (secondary N) is 1. The molecule has 4 heterocycles. The van der Waals surface area contributed by atoms with E-state index in [1.54, 1.807) is 12.4 Å². The predicted molar refractivity (Wildman–Crippen MR) is 141 cm³/mol. The lowest BCUT2D eigenvalue weighted by atomic mass is 9.95. The number of anilines is 2. The summed E-state index contributed by atoms with van der Waals surface area (Å²) in [5, 5.41) is 15.3. The van der Waals surface area contributed by atoms with Gasteiger partial charge >= 0.3 is 0 Å². The molecule has 0 radical (unpaired) electrons. The van der Waals surface area contributed by atoms with Crippen molar-refractivity contribution in [3.63, 3.8) is 0 Å². The number of carbonyl (C=O) groups is 1. The zero-order chi connectivity index (χ0) is 25.0. The summed E-state index contributed by atoms with van der Waals surface area (Å²) in [6.45, 7) is 2.94. The van der Waals surface area contributed by atoms with Gasteiger partial charge in [0.2, 0.25) is 5.91 Å². The molecule has 9 heteroatoms. The van der Waals surface area contributed by atoms with Gasteiger partial charge in [0.05, 0.1) is 11.4 Å². The van der Waals surface area contributed by atoms with Crippen molar-refractivity contribution in [2.45, 2.75) is 13.3 Å². The fraction of sp³-hybridized carbons (Fsp3) is 0.296. The van der Waals surface area contributed by atoms with Crippen LogP contribution in [-0.4, -0.2) is 50.5 Å². The van der Waals surface area contributed by atoms with Crippen molar-refractivity contribution in [2.75, 3.05) is 24.6 Å². The Balaban J connectivity index is 1.31. The van der Waals surface area contributed by atoms with E-state index in [-0.39, 0.29) is 11.8 Å². The first kappa shape index (κ1) is 22.2. The van der Waals surface area contributed by atoms with Crippen LogP contribution in [0.1, 0.15) is 12.0 Å². The van der Waals surface area contributed by atoms with E-state index in [9.17, 15) is 4.79 Å². The molecule has 1 aliphatic carbocycles. The van der Waals surface area contributed by atoms with Crippen LogP contribution in [0.2, 0.25) is 0 Å². The lowest BCUT2D eigenvalue weighted by molar-refractivity contribution is -0.117. The number of aromatic nitrogens is 4. The molecule has 2 aliphatic rings. The molecule has 1 aromatic carbocycles. The maximum absolute atomic E-state index is 12.9. The molecule has 182 valence electrons. The molecule has 1 saturated carbocycles. The number of hydrogen-bond acceptors (Lipinski definition) is 7. The second-order valence-corrected chi connectivity index (χ2v) is 9.81. The molecule has 3 atom stereocenters. The largest absolute Gasteiger partial charge is 0.398 e. The minimum atomic E-state index is 0.00125. The van der Waals surface area contributed by atoms with Gasteiger partial charge in [-0.3, -0.25) is 19.5 Å². The number of nitrogens with two attached hydrogens (primary N) is 1. The Morgan fingerprint density at radius 1 is 1.14 bits per heavy atom. The SMILES string of the molecule is Cc1ccnc(-c2ccnn2C)c1-c1cc(N)c2cnc(NC(=O)[C@H]3C[C@@H]3C3C=NN(C)C3)cc2c1. The Hall–Kier alpha value is -4.27. The van der Waals surface area contributed by atoms with Gasteiger partial charge in [0.1, 0.15) is 5.82 Å². The van der Waals surface area contributed by atoms with Crippen molar-refractivity contribution in [2.24, 2.45) is 29.9 Å². The molecule has 1 fully saturated rings. The first-order valence-corrected chi connectivity index (χ1v) is 12.1. The number of carbonyl (C=O) groups excluding carboxylic acids is 1. The number of nitrogen functional groups attached to an aromatic ring is 1. The molecule has 4 aromatic rings. The number of rotatable bonds is 5. The maximum Gasteiger partial charge on any atom is 0.228 e. The Morgan fingerprint density at radius 2 is 2.00 bits per heavy atom. The number of nitrogens with zero attached hydrogens (tertiary/aromatic N) is 6. The van der Waals surface area contributed by atoms with Crippen molar-refractivity contribution in [1.82, 2.24) is 24.8 Å².